The summed E-state index contributed by atoms with van der Waals surface area (Å²) in [7, 11) is 0. The number of hydrogen-bond donors (Lipinski definition) is 0. The molecule has 4 nitrogen and oxygen atoms in total. The van der Waals surface area contributed by atoms with Gasteiger partial charge < -0.3 is 9.47 Å². The fraction of sp³-hybridized carbons (Fsp3) is 0.533. The molecule has 2 heterocycles. The molecule has 2 aliphatic heterocycles. The van der Waals surface area contributed by atoms with E-state index >= 15 is 0 Å². The second-order valence-corrected chi connectivity index (χ2v) is 6.12. The van der Waals surface area contributed by atoms with Gasteiger partial charge in [-0.25, -0.2) is 0 Å². The van der Waals surface area contributed by atoms with E-state index < -0.39 is 0 Å². The first-order valence-electron chi connectivity index (χ1n) is 6.69. The Morgan fingerprint density at radius 3 is 2.84 bits per heavy atom. The molecule has 0 saturated carbocycles. The number of ketones is 1. The Morgan fingerprint density at radius 1 is 1.32 bits per heavy atom. The molecule has 0 spiro atoms. The minimum absolute atomic E-state index is 0.149. The monoisotopic (exact) mass is 261 g/mol. The van der Waals surface area contributed by atoms with Gasteiger partial charge in [-0.3, -0.25) is 9.69 Å². The summed E-state index contributed by atoms with van der Waals surface area (Å²) in [6.45, 7) is 7.22. The minimum atomic E-state index is 0.149. The molecule has 0 radical (unpaired) electrons. The molecule has 3 rings (SSSR count). The number of ether oxygens (including phenoxy) is 2. The highest BCUT2D eigenvalue weighted by Crippen LogP contribution is 2.33. The van der Waals surface area contributed by atoms with Crippen molar-refractivity contribution in [3.63, 3.8) is 0 Å². The Balaban J connectivity index is 1.68. The summed E-state index contributed by atoms with van der Waals surface area (Å²) in [4.78, 5) is 14.5. The molecule has 1 saturated heterocycles. The van der Waals surface area contributed by atoms with Gasteiger partial charge in [0.15, 0.2) is 17.3 Å². The van der Waals surface area contributed by atoms with Gasteiger partial charge >= 0.3 is 0 Å². The summed E-state index contributed by atoms with van der Waals surface area (Å²) in [5, 5.41) is 0. The van der Waals surface area contributed by atoms with Gasteiger partial charge in [-0.15, -0.1) is 0 Å². The summed E-state index contributed by atoms with van der Waals surface area (Å²) < 4.78 is 10.6. The first-order valence-corrected chi connectivity index (χ1v) is 6.69. The van der Waals surface area contributed by atoms with Gasteiger partial charge in [-0.05, 0) is 36.6 Å². The lowest BCUT2D eigenvalue weighted by molar-refractivity contribution is 0.0940. The first kappa shape index (κ1) is 12.5. The lowest BCUT2D eigenvalue weighted by atomic mass is 9.93. The van der Waals surface area contributed by atoms with E-state index in [-0.39, 0.29) is 12.6 Å². The van der Waals surface area contributed by atoms with Crippen molar-refractivity contribution in [2.75, 3.05) is 26.4 Å². The van der Waals surface area contributed by atoms with Gasteiger partial charge in [0, 0.05) is 12.1 Å². The second-order valence-electron chi connectivity index (χ2n) is 6.12. The van der Waals surface area contributed by atoms with Crippen LogP contribution in [-0.4, -0.2) is 37.1 Å². The van der Waals surface area contributed by atoms with Crippen LogP contribution < -0.4 is 9.47 Å². The lowest BCUT2D eigenvalue weighted by Crippen LogP contribution is -2.29. The van der Waals surface area contributed by atoms with Gasteiger partial charge in [-0.2, -0.15) is 0 Å². The molecule has 19 heavy (non-hydrogen) atoms. The number of rotatable bonds is 3. The average molecular weight is 261 g/mol. The fourth-order valence-corrected chi connectivity index (χ4v) is 2.72. The van der Waals surface area contributed by atoms with E-state index in [9.17, 15) is 4.79 Å². The van der Waals surface area contributed by atoms with Crippen LogP contribution in [0.4, 0.5) is 0 Å². The predicted molar refractivity (Wildman–Crippen MR) is 71.7 cm³/mol. The zero-order valence-corrected chi connectivity index (χ0v) is 11.4. The Kier molecular flexibility index (Phi) is 2.97. The van der Waals surface area contributed by atoms with Crippen molar-refractivity contribution >= 4 is 5.78 Å². The molecule has 0 aliphatic carbocycles. The smallest absolute Gasteiger partial charge is 0.231 e. The Labute approximate surface area is 113 Å². The van der Waals surface area contributed by atoms with Crippen LogP contribution in [0.5, 0.6) is 11.5 Å². The van der Waals surface area contributed by atoms with Gasteiger partial charge in [0.05, 0.1) is 6.54 Å². The van der Waals surface area contributed by atoms with Crippen LogP contribution in [0.3, 0.4) is 0 Å². The number of carbonyl (C=O) groups is 1. The summed E-state index contributed by atoms with van der Waals surface area (Å²) in [5.74, 6) is 1.54. The molecule has 0 N–H and O–H groups in total. The van der Waals surface area contributed by atoms with Crippen LogP contribution in [0.1, 0.15) is 30.6 Å². The molecular formula is C15H19NO3. The van der Waals surface area contributed by atoms with E-state index in [1.54, 1.807) is 6.07 Å². The van der Waals surface area contributed by atoms with Crippen LogP contribution in [0, 0.1) is 5.41 Å². The van der Waals surface area contributed by atoms with Crippen LogP contribution in [0.2, 0.25) is 0 Å². The zero-order chi connectivity index (χ0) is 13.5. The summed E-state index contributed by atoms with van der Waals surface area (Å²) in [6, 6.07) is 5.41. The number of Topliss-reactive ketones (excluding diaryl/α,β-unsaturated/α-hetero) is 1. The van der Waals surface area contributed by atoms with Gasteiger partial charge in [-0.1, -0.05) is 13.8 Å². The third kappa shape index (κ3) is 2.59. The Bertz CT molecular complexity index is 510. The quantitative estimate of drug-likeness (QED) is 0.783. The van der Waals surface area contributed by atoms with Gasteiger partial charge in [0.1, 0.15) is 0 Å². The van der Waals surface area contributed by atoms with Crippen molar-refractivity contribution in [3.8, 4) is 11.5 Å². The number of nitrogens with zero attached hydrogens (tertiary/aromatic N) is 1. The van der Waals surface area contributed by atoms with E-state index in [0.717, 1.165) is 25.3 Å². The molecule has 0 atom stereocenters. The topological polar surface area (TPSA) is 38.8 Å². The van der Waals surface area contributed by atoms with Crippen molar-refractivity contribution in [1.29, 1.82) is 0 Å². The highest BCUT2D eigenvalue weighted by Gasteiger charge is 2.30. The van der Waals surface area contributed by atoms with Crippen molar-refractivity contribution in [1.82, 2.24) is 4.90 Å². The third-order valence-corrected chi connectivity index (χ3v) is 3.82. The summed E-state index contributed by atoms with van der Waals surface area (Å²) in [5.41, 5.74) is 1.03. The molecule has 4 heteroatoms. The maximum atomic E-state index is 12.3. The molecule has 2 aliphatic rings. The summed E-state index contributed by atoms with van der Waals surface area (Å²) >= 11 is 0. The van der Waals surface area contributed by atoms with Crippen LogP contribution in [0.25, 0.3) is 0 Å². The van der Waals surface area contributed by atoms with Crippen molar-refractivity contribution in [2.45, 2.75) is 20.3 Å². The first-order chi connectivity index (χ1) is 9.03. The lowest BCUT2D eigenvalue weighted by Gasteiger charge is -2.18. The Hall–Kier alpha value is -1.55. The molecule has 1 aromatic rings. The largest absolute Gasteiger partial charge is 0.454 e. The third-order valence-electron chi connectivity index (χ3n) is 3.82. The van der Waals surface area contributed by atoms with Crippen molar-refractivity contribution in [2.24, 2.45) is 5.41 Å². The molecular weight excluding hydrogens is 242 g/mol. The average Bonchev–Trinajstić information content (AvgIpc) is 2.94. The number of likely N-dealkylation sites (tertiary alicyclic amines) is 1. The molecule has 0 aromatic heterocycles. The number of benzene rings is 1. The second kappa shape index (κ2) is 4.53. The highest BCUT2D eigenvalue weighted by atomic mass is 16.7. The normalized spacial score (nSPS) is 20.7. The van der Waals surface area contributed by atoms with E-state index in [2.05, 4.69) is 18.7 Å². The van der Waals surface area contributed by atoms with E-state index in [4.69, 9.17) is 9.47 Å². The van der Waals surface area contributed by atoms with Gasteiger partial charge in [0.25, 0.3) is 0 Å². The molecule has 0 bridgehead atoms. The minimum Gasteiger partial charge on any atom is -0.454 e. The predicted octanol–water partition coefficient (Wildman–Crippen LogP) is 2.33. The van der Waals surface area contributed by atoms with Crippen LogP contribution in [0.15, 0.2) is 18.2 Å². The van der Waals surface area contributed by atoms with E-state index in [1.165, 1.54) is 0 Å². The van der Waals surface area contributed by atoms with E-state index in [0.29, 0.717) is 23.3 Å². The number of fused-ring (bicyclic) bond motifs is 1. The maximum absolute atomic E-state index is 12.3. The SMILES string of the molecule is CC1(C)CCN(CC(=O)c2ccc3c(c2)OCO3)C1. The summed E-state index contributed by atoms with van der Waals surface area (Å²) in [6.07, 6.45) is 1.15. The van der Waals surface area contributed by atoms with Crippen molar-refractivity contribution < 1.29 is 14.3 Å². The van der Waals surface area contributed by atoms with Gasteiger partial charge in [0.2, 0.25) is 6.79 Å². The highest BCUT2D eigenvalue weighted by molar-refractivity contribution is 5.98. The van der Waals surface area contributed by atoms with Crippen LogP contribution in [-0.2, 0) is 0 Å². The zero-order valence-electron chi connectivity index (χ0n) is 11.4. The Morgan fingerprint density at radius 2 is 2.11 bits per heavy atom. The standard InChI is InChI=1S/C15H19NO3/c1-15(2)5-6-16(9-15)8-12(17)11-3-4-13-14(7-11)19-10-18-13/h3-4,7H,5-6,8-10H2,1-2H3. The molecule has 0 amide bonds. The number of hydrogen-bond acceptors (Lipinski definition) is 4. The molecule has 102 valence electrons. The van der Waals surface area contributed by atoms with E-state index in [1.807, 2.05) is 12.1 Å². The van der Waals surface area contributed by atoms with Crippen LogP contribution >= 0.6 is 0 Å². The molecule has 0 unspecified atom stereocenters. The number of carbonyl (C=O) groups excluding carboxylic acids is 1. The molecule has 1 aromatic carbocycles. The van der Waals surface area contributed by atoms with Crippen molar-refractivity contribution in [3.05, 3.63) is 23.8 Å². The molecule has 1 fully saturated rings. The fourth-order valence-electron chi connectivity index (χ4n) is 2.72. The maximum Gasteiger partial charge on any atom is 0.231 e.